The van der Waals surface area contributed by atoms with Crippen LogP contribution >= 0.6 is 11.3 Å². The van der Waals surface area contributed by atoms with Gasteiger partial charge in [-0.25, -0.2) is 4.98 Å². The minimum atomic E-state index is 0.462. The molecule has 2 aromatic rings. The molecule has 0 aliphatic carbocycles. The molecule has 21 heavy (non-hydrogen) atoms. The van der Waals surface area contributed by atoms with E-state index in [1.807, 2.05) is 0 Å². The molecule has 1 aromatic carbocycles. The number of thiazole rings is 1. The fraction of sp³-hybridized carbons (Fsp3) is 0.471. The summed E-state index contributed by atoms with van der Waals surface area (Å²) < 4.78 is 0. The molecule has 1 atom stereocenters. The zero-order valence-electron chi connectivity index (χ0n) is 13.4. The van der Waals surface area contributed by atoms with Gasteiger partial charge in [-0.1, -0.05) is 31.2 Å². The number of nitrogens with two attached hydrogens (primary N) is 1. The topological polar surface area (TPSA) is 42.2 Å². The first-order valence-electron chi connectivity index (χ1n) is 7.43. The van der Waals surface area contributed by atoms with Crippen LogP contribution in [0.1, 0.15) is 34.7 Å². The molecule has 2 rings (SSSR count). The van der Waals surface area contributed by atoms with Crippen molar-refractivity contribution in [2.45, 2.75) is 32.7 Å². The highest BCUT2D eigenvalue weighted by molar-refractivity contribution is 7.12. The van der Waals surface area contributed by atoms with Crippen molar-refractivity contribution in [3.05, 3.63) is 39.7 Å². The highest BCUT2D eigenvalue weighted by Gasteiger charge is 2.18. The molecule has 0 bridgehead atoms. The Balaban J connectivity index is 2.47. The van der Waals surface area contributed by atoms with Gasteiger partial charge in [0.1, 0.15) is 0 Å². The molecule has 1 unspecified atom stereocenters. The molecule has 0 aliphatic rings. The summed E-state index contributed by atoms with van der Waals surface area (Å²) >= 11 is 1.80. The Bertz CT molecular complexity index is 589. The summed E-state index contributed by atoms with van der Waals surface area (Å²) in [5.74, 6) is 0.462. The van der Waals surface area contributed by atoms with Crippen molar-refractivity contribution in [2.75, 3.05) is 20.6 Å². The van der Waals surface area contributed by atoms with Gasteiger partial charge in [0, 0.05) is 17.0 Å². The fourth-order valence-corrected chi connectivity index (χ4v) is 3.61. The average Bonchev–Trinajstić information content (AvgIpc) is 2.81. The van der Waals surface area contributed by atoms with Crippen molar-refractivity contribution in [3.63, 3.8) is 0 Å². The van der Waals surface area contributed by atoms with Crippen molar-refractivity contribution in [2.24, 2.45) is 5.73 Å². The third kappa shape index (κ3) is 3.90. The van der Waals surface area contributed by atoms with Gasteiger partial charge in [-0.3, -0.25) is 0 Å². The van der Waals surface area contributed by atoms with E-state index in [4.69, 9.17) is 10.7 Å². The molecule has 4 heteroatoms. The SMILES string of the molecule is Cc1nc(-c2ccccc2CN(C)C)c(C(C)CCN)s1. The van der Waals surface area contributed by atoms with Crippen LogP contribution in [0.25, 0.3) is 11.3 Å². The third-order valence-electron chi connectivity index (χ3n) is 3.57. The van der Waals surface area contributed by atoms with E-state index in [1.54, 1.807) is 11.3 Å². The van der Waals surface area contributed by atoms with Crippen molar-refractivity contribution in [1.29, 1.82) is 0 Å². The summed E-state index contributed by atoms with van der Waals surface area (Å²) in [5, 5.41) is 1.13. The van der Waals surface area contributed by atoms with E-state index in [1.165, 1.54) is 16.0 Å². The second-order valence-electron chi connectivity index (χ2n) is 5.82. The fourth-order valence-electron chi connectivity index (χ4n) is 2.58. The molecule has 1 heterocycles. The quantitative estimate of drug-likeness (QED) is 0.886. The maximum absolute atomic E-state index is 5.74. The van der Waals surface area contributed by atoms with E-state index in [0.29, 0.717) is 5.92 Å². The predicted octanol–water partition coefficient (Wildman–Crippen LogP) is 3.63. The monoisotopic (exact) mass is 303 g/mol. The smallest absolute Gasteiger partial charge is 0.0904 e. The molecule has 0 fully saturated rings. The summed E-state index contributed by atoms with van der Waals surface area (Å²) in [6, 6.07) is 8.58. The van der Waals surface area contributed by atoms with Crippen LogP contribution in [-0.4, -0.2) is 30.5 Å². The van der Waals surface area contributed by atoms with Gasteiger partial charge in [-0.15, -0.1) is 11.3 Å². The number of rotatable bonds is 6. The number of hydrogen-bond donors (Lipinski definition) is 1. The molecule has 2 N–H and O–H groups in total. The van der Waals surface area contributed by atoms with Gasteiger partial charge in [0.2, 0.25) is 0 Å². The Labute approximate surface area is 131 Å². The number of nitrogens with zero attached hydrogens (tertiary/aromatic N) is 2. The first-order chi connectivity index (χ1) is 10.0. The minimum absolute atomic E-state index is 0.462. The molecule has 1 aromatic heterocycles. The van der Waals surface area contributed by atoms with Crippen molar-refractivity contribution in [3.8, 4) is 11.3 Å². The van der Waals surface area contributed by atoms with Gasteiger partial charge in [-0.05, 0) is 45.5 Å². The third-order valence-corrected chi connectivity index (χ3v) is 4.77. The van der Waals surface area contributed by atoms with E-state index >= 15 is 0 Å². The molecular formula is C17H25N3S. The van der Waals surface area contributed by atoms with Crippen LogP contribution in [0.2, 0.25) is 0 Å². The maximum atomic E-state index is 5.74. The Morgan fingerprint density at radius 2 is 2.00 bits per heavy atom. The lowest BCUT2D eigenvalue weighted by molar-refractivity contribution is 0.403. The molecular weight excluding hydrogens is 278 g/mol. The van der Waals surface area contributed by atoms with Crippen molar-refractivity contribution in [1.82, 2.24) is 9.88 Å². The Morgan fingerprint density at radius 3 is 2.67 bits per heavy atom. The van der Waals surface area contributed by atoms with E-state index in [-0.39, 0.29) is 0 Å². The molecule has 0 saturated carbocycles. The molecule has 0 amide bonds. The molecule has 0 saturated heterocycles. The van der Waals surface area contributed by atoms with Crippen LogP contribution in [-0.2, 0) is 6.54 Å². The highest BCUT2D eigenvalue weighted by atomic mass is 32.1. The molecule has 3 nitrogen and oxygen atoms in total. The van der Waals surface area contributed by atoms with Crippen molar-refractivity contribution < 1.29 is 0 Å². The van der Waals surface area contributed by atoms with E-state index in [9.17, 15) is 0 Å². The average molecular weight is 303 g/mol. The Kier molecular flexibility index (Phi) is 5.51. The largest absolute Gasteiger partial charge is 0.330 e. The predicted molar refractivity (Wildman–Crippen MR) is 91.8 cm³/mol. The number of aromatic nitrogens is 1. The second kappa shape index (κ2) is 7.16. The summed E-state index contributed by atoms with van der Waals surface area (Å²) in [7, 11) is 4.20. The lowest BCUT2D eigenvalue weighted by Gasteiger charge is -2.15. The first kappa shape index (κ1) is 16.1. The van der Waals surface area contributed by atoms with Gasteiger partial charge in [0.05, 0.1) is 10.7 Å². The van der Waals surface area contributed by atoms with Crippen LogP contribution in [0.5, 0.6) is 0 Å². The summed E-state index contributed by atoms with van der Waals surface area (Å²) in [6.07, 6.45) is 1.00. The second-order valence-corrected chi connectivity index (χ2v) is 7.05. The Hall–Kier alpha value is -1.23. The van der Waals surface area contributed by atoms with E-state index in [0.717, 1.165) is 30.2 Å². The van der Waals surface area contributed by atoms with E-state index in [2.05, 4.69) is 57.1 Å². The normalized spacial score (nSPS) is 12.9. The zero-order chi connectivity index (χ0) is 15.4. The van der Waals surface area contributed by atoms with Gasteiger partial charge in [-0.2, -0.15) is 0 Å². The van der Waals surface area contributed by atoms with Crippen LogP contribution in [0.4, 0.5) is 0 Å². The molecule has 0 spiro atoms. The minimum Gasteiger partial charge on any atom is -0.330 e. The van der Waals surface area contributed by atoms with Crippen LogP contribution in [0.3, 0.4) is 0 Å². The van der Waals surface area contributed by atoms with Gasteiger partial charge in [0.15, 0.2) is 0 Å². The first-order valence-corrected chi connectivity index (χ1v) is 8.25. The molecule has 114 valence electrons. The van der Waals surface area contributed by atoms with Gasteiger partial charge in [0.25, 0.3) is 0 Å². The van der Waals surface area contributed by atoms with Crippen LogP contribution < -0.4 is 5.73 Å². The lowest BCUT2D eigenvalue weighted by Crippen LogP contribution is -2.11. The number of hydrogen-bond acceptors (Lipinski definition) is 4. The van der Waals surface area contributed by atoms with Crippen molar-refractivity contribution >= 4 is 11.3 Å². The maximum Gasteiger partial charge on any atom is 0.0904 e. The number of aryl methyl sites for hydroxylation is 1. The zero-order valence-corrected chi connectivity index (χ0v) is 14.2. The summed E-state index contributed by atoms with van der Waals surface area (Å²) in [4.78, 5) is 8.37. The van der Waals surface area contributed by atoms with Gasteiger partial charge < -0.3 is 10.6 Å². The van der Waals surface area contributed by atoms with Crippen LogP contribution in [0.15, 0.2) is 24.3 Å². The van der Waals surface area contributed by atoms with Gasteiger partial charge >= 0.3 is 0 Å². The van der Waals surface area contributed by atoms with Crippen LogP contribution in [0, 0.1) is 6.92 Å². The standard InChI is InChI=1S/C17H25N3S/c1-12(9-10-18)17-16(19-13(2)21-17)15-8-6-5-7-14(15)11-20(3)4/h5-8,12H,9-11,18H2,1-4H3. The summed E-state index contributed by atoms with van der Waals surface area (Å²) in [5.41, 5.74) is 9.47. The van der Waals surface area contributed by atoms with E-state index < -0.39 is 0 Å². The molecule has 0 aliphatic heterocycles. The lowest BCUT2D eigenvalue weighted by atomic mass is 9.98. The highest BCUT2D eigenvalue weighted by Crippen LogP contribution is 2.36. The summed E-state index contributed by atoms with van der Waals surface area (Å²) in [6.45, 7) is 5.98. The number of benzene rings is 1. The Morgan fingerprint density at radius 1 is 1.29 bits per heavy atom. The molecule has 0 radical (unpaired) electrons.